The highest BCUT2D eigenvalue weighted by atomic mass is 16.6. The topological polar surface area (TPSA) is 117 Å². The molecule has 0 saturated carbocycles. The molecule has 0 spiro atoms. The van der Waals surface area contributed by atoms with Gasteiger partial charge in [-0.15, -0.1) is 0 Å². The molecule has 3 rings (SSSR count). The summed E-state index contributed by atoms with van der Waals surface area (Å²) in [6, 6.07) is 17.0. The first-order valence-corrected chi connectivity index (χ1v) is 13.8. The molecule has 1 fully saturated rings. The van der Waals surface area contributed by atoms with Crippen LogP contribution in [-0.4, -0.2) is 58.5 Å². The maximum Gasteiger partial charge on any atom is 0.408 e. The van der Waals surface area contributed by atoms with Crippen LogP contribution in [-0.2, 0) is 25.5 Å². The number of nitrogens with zero attached hydrogens (tertiary/aromatic N) is 1. The van der Waals surface area contributed by atoms with Crippen LogP contribution in [0, 0.1) is 0 Å². The molecule has 40 heavy (non-hydrogen) atoms. The molecule has 9 heteroatoms. The van der Waals surface area contributed by atoms with Gasteiger partial charge in [0.1, 0.15) is 23.2 Å². The Balaban J connectivity index is 1.71. The largest absolute Gasteiger partial charge is 0.444 e. The zero-order valence-electron chi connectivity index (χ0n) is 24.3. The third-order valence-corrected chi connectivity index (χ3v) is 6.76. The average Bonchev–Trinajstić information content (AvgIpc) is 3.38. The molecule has 9 nitrogen and oxygen atoms in total. The van der Waals surface area contributed by atoms with Crippen molar-refractivity contribution in [3.05, 3.63) is 71.8 Å². The number of ether oxygens (including phenoxy) is 1. The van der Waals surface area contributed by atoms with Gasteiger partial charge < -0.3 is 25.6 Å². The van der Waals surface area contributed by atoms with E-state index in [4.69, 9.17) is 4.74 Å². The van der Waals surface area contributed by atoms with Crippen LogP contribution >= 0.6 is 0 Å². The van der Waals surface area contributed by atoms with Crippen LogP contribution in [0.5, 0.6) is 0 Å². The van der Waals surface area contributed by atoms with E-state index in [2.05, 4.69) is 16.0 Å². The summed E-state index contributed by atoms with van der Waals surface area (Å²) in [6.45, 7) is 10.8. The monoisotopic (exact) mass is 550 g/mol. The van der Waals surface area contributed by atoms with Crippen molar-refractivity contribution in [3.63, 3.8) is 0 Å². The van der Waals surface area contributed by atoms with Gasteiger partial charge in [0.15, 0.2) is 0 Å². The molecule has 2 aromatic carbocycles. The molecule has 1 saturated heterocycles. The third kappa shape index (κ3) is 8.56. The molecule has 1 heterocycles. The number of hydrogen-bond acceptors (Lipinski definition) is 5. The van der Waals surface area contributed by atoms with Crippen LogP contribution in [0.15, 0.2) is 60.7 Å². The normalized spacial score (nSPS) is 16.9. The predicted octanol–water partition coefficient (Wildman–Crippen LogP) is 3.89. The van der Waals surface area contributed by atoms with E-state index in [-0.39, 0.29) is 24.3 Å². The van der Waals surface area contributed by atoms with Crippen LogP contribution in [0.3, 0.4) is 0 Å². The van der Waals surface area contributed by atoms with Crippen molar-refractivity contribution >= 4 is 23.8 Å². The molecule has 1 aliphatic rings. The molecule has 0 unspecified atom stereocenters. The number of carbonyl (C=O) groups excluding carboxylic acids is 4. The van der Waals surface area contributed by atoms with Gasteiger partial charge in [-0.25, -0.2) is 4.79 Å². The molecule has 3 atom stereocenters. The summed E-state index contributed by atoms with van der Waals surface area (Å²) < 4.78 is 5.40. The van der Waals surface area contributed by atoms with Crippen molar-refractivity contribution in [3.8, 4) is 0 Å². The van der Waals surface area contributed by atoms with Gasteiger partial charge in [-0.05, 0) is 65.5 Å². The first kappa shape index (κ1) is 30.7. The van der Waals surface area contributed by atoms with Gasteiger partial charge in [0.05, 0.1) is 6.04 Å². The standard InChI is InChI=1S/C31H42N4O5/c1-21(23-16-11-8-12-17-23)32-28(38)31(5,6)34-26(36)25-18-13-19-35(25)27(37)24(20-22-14-9-7-10-15-22)33-29(39)40-30(2,3)4/h7-12,14-17,21,24-25H,13,18-20H2,1-6H3,(H,32,38)(H,33,39)(H,34,36)/t21-,24+,25+/m1/s1. The minimum Gasteiger partial charge on any atom is -0.444 e. The maximum absolute atomic E-state index is 13.8. The summed E-state index contributed by atoms with van der Waals surface area (Å²) in [6.07, 6.45) is 0.633. The van der Waals surface area contributed by atoms with Crippen LogP contribution in [0.2, 0.25) is 0 Å². The van der Waals surface area contributed by atoms with Gasteiger partial charge in [-0.3, -0.25) is 14.4 Å². The minimum atomic E-state index is -1.21. The Hall–Kier alpha value is -3.88. The Morgan fingerprint density at radius 3 is 2.12 bits per heavy atom. The van der Waals surface area contributed by atoms with Crippen LogP contribution < -0.4 is 16.0 Å². The van der Waals surface area contributed by atoms with Crippen molar-refractivity contribution in [1.29, 1.82) is 0 Å². The second-order valence-corrected chi connectivity index (χ2v) is 11.8. The summed E-state index contributed by atoms with van der Waals surface area (Å²) >= 11 is 0. The van der Waals surface area contributed by atoms with Crippen molar-refractivity contribution in [2.75, 3.05) is 6.54 Å². The zero-order chi connectivity index (χ0) is 29.5. The van der Waals surface area contributed by atoms with E-state index in [9.17, 15) is 19.2 Å². The Morgan fingerprint density at radius 2 is 1.52 bits per heavy atom. The Bertz CT molecular complexity index is 1180. The fourth-order valence-corrected chi connectivity index (χ4v) is 4.65. The van der Waals surface area contributed by atoms with Crippen LogP contribution in [0.4, 0.5) is 4.79 Å². The van der Waals surface area contributed by atoms with Gasteiger partial charge >= 0.3 is 6.09 Å². The Morgan fingerprint density at radius 1 is 0.925 bits per heavy atom. The third-order valence-electron chi connectivity index (χ3n) is 6.76. The van der Waals surface area contributed by atoms with E-state index >= 15 is 0 Å². The molecule has 3 N–H and O–H groups in total. The van der Waals surface area contributed by atoms with E-state index in [0.29, 0.717) is 19.4 Å². The molecule has 0 bridgehead atoms. The van der Waals surface area contributed by atoms with Crippen LogP contribution in [0.1, 0.15) is 71.6 Å². The van der Waals surface area contributed by atoms with E-state index in [1.54, 1.807) is 34.6 Å². The number of nitrogens with one attached hydrogen (secondary N) is 3. The molecule has 2 aromatic rings. The van der Waals surface area contributed by atoms with E-state index in [1.807, 2.05) is 67.6 Å². The lowest BCUT2D eigenvalue weighted by Gasteiger charge is -2.32. The number of hydrogen-bond donors (Lipinski definition) is 3. The van der Waals surface area contributed by atoms with Crippen molar-refractivity contribution < 1.29 is 23.9 Å². The molecule has 0 aromatic heterocycles. The van der Waals surface area contributed by atoms with E-state index in [0.717, 1.165) is 11.1 Å². The van der Waals surface area contributed by atoms with Crippen LogP contribution in [0.25, 0.3) is 0 Å². The van der Waals surface area contributed by atoms with Gasteiger partial charge in [-0.2, -0.15) is 0 Å². The number of alkyl carbamates (subject to hydrolysis) is 1. The zero-order valence-corrected chi connectivity index (χ0v) is 24.3. The SMILES string of the molecule is C[C@@H](NC(=O)C(C)(C)NC(=O)[C@@H]1CCCN1C(=O)[C@H](Cc1ccccc1)NC(=O)OC(C)(C)C)c1ccccc1. The number of amides is 4. The minimum absolute atomic E-state index is 0.243. The predicted molar refractivity (Wildman–Crippen MR) is 153 cm³/mol. The fraction of sp³-hybridized carbons (Fsp3) is 0.484. The highest BCUT2D eigenvalue weighted by Gasteiger charge is 2.41. The Labute approximate surface area is 237 Å². The van der Waals surface area contributed by atoms with Gasteiger partial charge in [-0.1, -0.05) is 60.7 Å². The molecule has 216 valence electrons. The molecular weight excluding hydrogens is 508 g/mol. The molecular formula is C31H42N4O5. The fourth-order valence-electron chi connectivity index (χ4n) is 4.65. The number of benzene rings is 2. The average molecular weight is 551 g/mol. The molecule has 1 aliphatic heterocycles. The smallest absolute Gasteiger partial charge is 0.408 e. The second kappa shape index (κ2) is 13.0. The first-order chi connectivity index (χ1) is 18.8. The van der Waals surface area contributed by atoms with Gasteiger partial charge in [0.2, 0.25) is 17.7 Å². The second-order valence-electron chi connectivity index (χ2n) is 11.8. The number of likely N-dealkylation sites (tertiary alicyclic amines) is 1. The summed E-state index contributed by atoms with van der Waals surface area (Å²) in [4.78, 5) is 54.4. The van der Waals surface area contributed by atoms with Crippen molar-refractivity contribution in [2.45, 2.75) is 90.1 Å². The molecule has 4 amide bonds. The summed E-state index contributed by atoms with van der Waals surface area (Å²) in [5.74, 6) is -1.11. The van der Waals surface area contributed by atoms with Gasteiger partial charge in [0.25, 0.3) is 0 Å². The first-order valence-electron chi connectivity index (χ1n) is 13.8. The van der Waals surface area contributed by atoms with Crippen molar-refractivity contribution in [1.82, 2.24) is 20.9 Å². The lowest BCUT2D eigenvalue weighted by Crippen LogP contribution is -2.60. The summed E-state index contributed by atoms with van der Waals surface area (Å²) in [7, 11) is 0. The Kier molecular flexibility index (Phi) is 9.95. The molecule has 0 aliphatic carbocycles. The lowest BCUT2D eigenvalue weighted by molar-refractivity contribution is -0.141. The molecule has 0 radical (unpaired) electrons. The summed E-state index contributed by atoms with van der Waals surface area (Å²) in [5, 5.41) is 8.51. The van der Waals surface area contributed by atoms with Crippen molar-refractivity contribution in [2.24, 2.45) is 0 Å². The number of rotatable bonds is 9. The highest BCUT2D eigenvalue weighted by molar-refractivity contribution is 5.95. The van der Waals surface area contributed by atoms with Gasteiger partial charge in [0, 0.05) is 13.0 Å². The van der Waals surface area contributed by atoms with E-state index in [1.165, 1.54) is 4.90 Å². The highest BCUT2D eigenvalue weighted by Crippen LogP contribution is 2.22. The lowest BCUT2D eigenvalue weighted by atomic mass is 10.0. The van der Waals surface area contributed by atoms with E-state index < -0.39 is 35.2 Å². The number of carbonyl (C=O) groups is 4. The quantitative estimate of drug-likeness (QED) is 0.438. The maximum atomic E-state index is 13.8. The summed E-state index contributed by atoms with van der Waals surface area (Å²) in [5.41, 5.74) is -0.129.